The molecule has 1 nitrogen and oxygen atoms in total. The fourth-order valence-corrected chi connectivity index (χ4v) is 1.10. The Balaban J connectivity index is 0.000000640. The Labute approximate surface area is 57.1 Å². The van der Waals surface area contributed by atoms with Gasteiger partial charge in [0.1, 0.15) is 0 Å². The van der Waals surface area contributed by atoms with E-state index in [-0.39, 0.29) is 5.48 Å². The molecule has 1 aliphatic carbocycles. The van der Waals surface area contributed by atoms with Crippen LogP contribution in [0.2, 0.25) is 0 Å². The third kappa shape index (κ3) is 2.66. The molecule has 1 heteroatoms. The summed E-state index contributed by atoms with van der Waals surface area (Å²) in [6, 6.07) is 0. The molecule has 0 amide bonds. The molecule has 1 aliphatic rings. The molecule has 0 aromatic rings. The molecule has 1 rings (SSSR count). The van der Waals surface area contributed by atoms with E-state index in [1.807, 2.05) is 0 Å². The molecule has 0 aromatic carbocycles. The van der Waals surface area contributed by atoms with Crippen LogP contribution >= 0.6 is 0 Å². The van der Waals surface area contributed by atoms with Gasteiger partial charge < -0.3 is 5.48 Å². The fourth-order valence-electron chi connectivity index (χ4n) is 1.10. The minimum Gasteiger partial charge on any atom is -0.412 e. The lowest BCUT2D eigenvalue weighted by Crippen LogP contribution is -2.01. The first kappa shape index (κ1) is 8.70. The van der Waals surface area contributed by atoms with E-state index >= 15 is 0 Å². The molecule has 0 heterocycles. The fraction of sp³-hybridized carbons (Fsp3) is 0.750. The van der Waals surface area contributed by atoms with E-state index in [0.29, 0.717) is 0 Å². The number of hydrogen-bond donors (Lipinski definition) is 0. The summed E-state index contributed by atoms with van der Waals surface area (Å²) >= 11 is 0. The van der Waals surface area contributed by atoms with Gasteiger partial charge >= 0.3 is 0 Å². The molecule has 0 aromatic heterocycles. The summed E-state index contributed by atoms with van der Waals surface area (Å²) in [5.41, 5.74) is 0. The summed E-state index contributed by atoms with van der Waals surface area (Å²) in [5, 5.41) is 0. The average molecular weight is 128 g/mol. The van der Waals surface area contributed by atoms with Crippen LogP contribution in [0.15, 0.2) is 12.2 Å². The van der Waals surface area contributed by atoms with Crippen LogP contribution in [0.3, 0.4) is 0 Å². The van der Waals surface area contributed by atoms with Gasteiger partial charge in [-0.3, -0.25) is 0 Å². The van der Waals surface area contributed by atoms with Crippen LogP contribution in [0.4, 0.5) is 0 Å². The van der Waals surface area contributed by atoms with E-state index in [1.165, 1.54) is 12.8 Å². The van der Waals surface area contributed by atoms with Gasteiger partial charge in [-0.2, -0.15) is 0 Å². The molecule has 0 spiro atoms. The lowest BCUT2D eigenvalue weighted by atomic mass is 9.91. The van der Waals surface area contributed by atoms with Crippen LogP contribution in [0.25, 0.3) is 0 Å². The molecular weight excluding hydrogens is 112 g/mol. The summed E-state index contributed by atoms with van der Waals surface area (Å²) < 4.78 is 0. The smallest absolute Gasteiger partial charge is 0.0262 e. The van der Waals surface area contributed by atoms with Crippen LogP contribution in [-0.4, -0.2) is 5.48 Å². The van der Waals surface area contributed by atoms with Crippen molar-refractivity contribution in [3.8, 4) is 0 Å². The molecule has 0 saturated carbocycles. The van der Waals surface area contributed by atoms with E-state index in [0.717, 1.165) is 11.8 Å². The summed E-state index contributed by atoms with van der Waals surface area (Å²) in [4.78, 5) is 0. The Morgan fingerprint density at radius 3 is 1.56 bits per heavy atom. The zero-order valence-electron chi connectivity index (χ0n) is 6.22. The largest absolute Gasteiger partial charge is 0.412 e. The van der Waals surface area contributed by atoms with Crippen molar-refractivity contribution >= 4 is 0 Å². The Hall–Kier alpha value is -0.300. The zero-order valence-corrected chi connectivity index (χ0v) is 6.22. The molecule has 0 radical (unpaired) electrons. The lowest BCUT2D eigenvalue weighted by Gasteiger charge is -2.15. The second-order valence-electron chi connectivity index (χ2n) is 2.92. The standard InChI is InChI=1S/C8H14.H2O/c1-7-3-5-8(2)6-4-7;/h3,5,7-8H,4,6H2,1-2H3;1H2. The first-order valence-electron chi connectivity index (χ1n) is 3.47. The molecule has 0 aliphatic heterocycles. The Morgan fingerprint density at radius 2 is 1.33 bits per heavy atom. The Kier molecular flexibility index (Phi) is 3.55. The summed E-state index contributed by atoms with van der Waals surface area (Å²) in [6.45, 7) is 4.56. The normalized spacial score (nSPS) is 33.6. The van der Waals surface area contributed by atoms with Crippen LogP contribution in [-0.2, 0) is 0 Å². The third-order valence-corrected chi connectivity index (χ3v) is 1.85. The minimum atomic E-state index is 0. The molecule has 0 bridgehead atoms. The summed E-state index contributed by atoms with van der Waals surface area (Å²) in [7, 11) is 0. The monoisotopic (exact) mass is 128 g/mol. The van der Waals surface area contributed by atoms with Gasteiger partial charge in [-0.05, 0) is 24.7 Å². The molecule has 2 N–H and O–H groups in total. The quantitative estimate of drug-likeness (QED) is 0.445. The molecule has 2 atom stereocenters. The van der Waals surface area contributed by atoms with Gasteiger partial charge in [0.15, 0.2) is 0 Å². The topological polar surface area (TPSA) is 31.5 Å². The maximum absolute atomic E-state index is 2.33. The highest BCUT2D eigenvalue weighted by Crippen LogP contribution is 2.20. The van der Waals surface area contributed by atoms with Crippen molar-refractivity contribution in [1.29, 1.82) is 0 Å². The second kappa shape index (κ2) is 3.67. The minimum absolute atomic E-state index is 0. The summed E-state index contributed by atoms with van der Waals surface area (Å²) in [6.07, 6.45) is 7.43. The number of allylic oxidation sites excluding steroid dienone is 2. The first-order chi connectivity index (χ1) is 3.79. The second-order valence-corrected chi connectivity index (χ2v) is 2.92. The molecule has 0 fully saturated rings. The molecule has 2 unspecified atom stereocenters. The van der Waals surface area contributed by atoms with E-state index in [4.69, 9.17) is 0 Å². The van der Waals surface area contributed by atoms with Gasteiger partial charge in [-0.15, -0.1) is 0 Å². The number of hydrogen-bond acceptors (Lipinski definition) is 0. The van der Waals surface area contributed by atoms with Crippen molar-refractivity contribution in [1.82, 2.24) is 0 Å². The number of rotatable bonds is 0. The Bertz CT molecular complexity index is 84.7. The highest BCUT2D eigenvalue weighted by Gasteiger charge is 2.06. The molecule has 54 valence electrons. The van der Waals surface area contributed by atoms with Crippen molar-refractivity contribution in [3.63, 3.8) is 0 Å². The van der Waals surface area contributed by atoms with Crippen molar-refractivity contribution in [2.75, 3.05) is 0 Å². The van der Waals surface area contributed by atoms with Crippen molar-refractivity contribution in [2.24, 2.45) is 11.8 Å². The maximum Gasteiger partial charge on any atom is -0.0262 e. The van der Waals surface area contributed by atoms with Gasteiger partial charge in [-0.1, -0.05) is 26.0 Å². The van der Waals surface area contributed by atoms with Gasteiger partial charge in [0, 0.05) is 0 Å². The highest BCUT2D eigenvalue weighted by atomic mass is 16.0. The van der Waals surface area contributed by atoms with Gasteiger partial charge in [0.2, 0.25) is 0 Å². The van der Waals surface area contributed by atoms with Gasteiger partial charge in [0.05, 0.1) is 0 Å². The van der Waals surface area contributed by atoms with Gasteiger partial charge in [-0.25, -0.2) is 0 Å². The van der Waals surface area contributed by atoms with Crippen LogP contribution in [0.1, 0.15) is 26.7 Å². The van der Waals surface area contributed by atoms with Gasteiger partial charge in [0.25, 0.3) is 0 Å². The first-order valence-corrected chi connectivity index (χ1v) is 3.47. The van der Waals surface area contributed by atoms with Crippen LogP contribution < -0.4 is 0 Å². The van der Waals surface area contributed by atoms with Crippen molar-refractivity contribution in [2.45, 2.75) is 26.7 Å². The zero-order chi connectivity index (χ0) is 5.98. The molecule has 9 heavy (non-hydrogen) atoms. The predicted octanol–water partition coefficient (Wildman–Crippen LogP) is 1.78. The third-order valence-electron chi connectivity index (χ3n) is 1.85. The SMILES string of the molecule is CC1C=CC(C)CC1.O. The van der Waals surface area contributed by atoms with E-state index in [1.54, 1.807) is 0 Å². The average Bonchev–Trinajstić information content (AvgIpc) is 1.77. The predicted molar refractivity (Wildman–Crippen MR) is 40.3 cm³/mol. The van der Waals surface area contributed by atoms with Crippen LogP contribution in [0.5, 0.6) is 0 Å². The van der Waals surface area contributed by atoms with Crippen LogP contribution in [0, 0.1) is 11.8 Å². The van der Waals surface area contributed by atoms with E-state index in [9.17, 15) is 0 Å². The highest BCUT2D eigenvalue weighted by molar-refractivity contribution is 4.94. The molecule has 0 saturated heterocycles. The van der Waals surface area contributed by atoms with Crippen molar-refractivity contribution in [3.05, 3.63) is 12.2 Å². The van der Waals surface area contributed by atoms with E-state index < -0.39 is 0 Å². The Morgan fingerprint density at radius 1 is 1.00 bits per heavy atom. The molecular formula is C8H16O. The summed E-state index contributed by atoms with van der Waals surface area (Å²) in [5.74, 6) is 1.68. The lowest BCUT2D eigenvalue weighted by molar-refractivity contribution is 0.502. The van der Waals surface area contributed by atoms with Crippen molar-refractivity contribution < 1.29 is 5.48 Å². The maximum atomic E-state index is 2.33. The van der Waals surface area contributed by atoms with E-state index in [2.05, 4.69) is 26.0 Å².